The number of amides is 2. The van der Waals surface area contributed by atoms with Crippen LogP contribution >= 0.6 is 39.5 Å². The minimum absolute atomic E-state index is 0.336. The Morgan fingerprint density at radius 1 is 0.750 bits per heavy atom. The van der Waals surface area contributed by atoms with E-state index >= 15 is 0 Å². The number of thioether (sulfide) groups is 2. The summed E-state index contributed by atoms with van der Waals surface area (Å²) in [5.74, 6) is 12.1. The van der Waals surface area contributed by atoms with Gasteiger partial charge in [-0.15, -0.1) is 35.4 Å². The zero-order valence-corrected chi connectivity index (χ0v) is 32.6. The smallest absolute Gasteiger partial charge is 0.260 e. The number of hydrogen-bond acceptors (Lipinski definition) is 10. The molecule has 2 saturated heterocycles. The van der Waals surface area contributed by atoms with E-state index in [0.717, 1.165) is 58.5 Å². The number of nitrogens with one attached hydrogen (secondary N) is 3. The number of likely N-dealkylation sites (tertiary alicyclic amines) is 1. The number of hydroxylamine groups is 2. The van der Waals surface area contributed by atoms with Gasteiger partial charge in [-0.25, -0.2) is 11.0 Å². The van der Waals surface area contributed by atoms with E-state index in [1.807, 2.05) is 71.6 Å². The molecule has 0 radical (unpaired) electrons. The van der Waals surface area contributed by atoms with Gasteiger partial charge in [0.1, 0.15) is 34.2 Å². The molecule has 5 rings (SSSR count). The molecule has 0 unspecified atom stereocenters. The fourth-order valence-corrected chi connectivity index (χ4v) is 8.53. The summed E-state index contributed by atoms with van der Waals surface area (Å²) in [7, 11) is 0. The Morgan fingerprint density at radius 3 is 1.62 bits per heavy atom. The molecule has 0 aromatic heterocycles. The van der Waals surface area contributed by atoms with Crippen LogP contribution in [0.5, 0.6) is 11.5 Å². The molecule has 0 saturated carbocycles. The Balaban J connectivity index is 0.000000244. The zero-order valence-electron chi connectivity index (χ0n) is 29.4. The third-order valence-corrected chi connectivity index (χ3v) is 12.2. The lowest BCUT2D eigenvalue weighted by Gasteiger charge is -2.39. The van der Waals surface area contributed by atoms with Crippen LogP contribution in [0.2, 0.25) is 0 Å². The summed E-state index contributed by atoms with van der Waals surface area (Å²) in [6.45, 7) is 8.21. The average Bonchev–Trinajstić information content (AvgIpc) is 3.18. The van der Waals surface area contributed by atoms with Crippen LogP contribution in [0.25, 0.3) is 0 Å². The van der Waals surface area contributed by atoms with Crippen molar-refractivity contribution in [3.8, 4) is 35.2 Å². The Morgan fingerprint density at radius 2 is 1.19 bits per heavy atom. The van der Waals surface area contributed by atoms with Gasteiger partial charge in [-0.1, -0.05) is 39.9 Å². The van der Waals surface area contributed by atoms with Gasteiger partial charge in [-0.2, -0.15) is 0 Å². The van der Waals surface area contributed by atoms with Crippen molar-refractivity contribution in [2.24, 2.45) is 0 Å². The highest BCUT2D eigenvalue weighted by atomic mass is 79.9. The first-order chi connectivity index (χ1) is 25.2. The first kappa shape index (κ1) is 41.1. The van der Waals surface area contributed by atoms with Crippen molar-refractivity contribution >= 4 is 51.3 Å². The summed E-state index contributed by atoms with van der Waals surface area (Å²) < 4.78 is 10.8. The van der Waals surface area contributed by atoms with Crippen molar-refractivity contribution in [1.82, 2.24) is 21.2 Å². The van der Waals surface area contributed by atoms with E-state index < -0.39 is 9.49 Å². The molecule has 2 aliphatic rings. The summed E-state index contributed by atoms with van der Waals surface area (Å²) in [4.78, 5) is 29.0. The van der Waals surface area contributed by atoms with Crippen molar-refractivity contribution in [3.63, 3.8) is 0 Å². The molecule has 0 aliphatic carbocycles. The lowest BCUT2D eigenvalue weighted by Crippen LogP contribution is -2.50. The van der Waals surface area contributed by atoms with Crippen molar-refractivity contribution < 1.29 is 29.5 Å². The first-order valence-corrected chi connectivity index (χ1v) is 19.4. The van der Waals surface area contributed by atoms with Crippen LogP contribution in [0.3, 0.4) is 0 Å². The minimum atomic E-state index is -0.693. The van der Waals surface area contributed by atoms with Crippen molar-refractivity contribution in [2.45, 2.75) is 65.4 Å². The number of hydrogen-bond donors (Lipinski definition) is 5. The molecular weight excluding hydrogens is 764 g/mol. The van der Waals surface area contributed by atoms with Crippen LogP contribution in [0.1, 0.15) is 45.1 Å². The largest absolute Gasteiger partial charge is 0.481 e. The molecular formula is C39H45BrN4O6S2. The van der Waals surface area contributed by atoms with Gasteiger partial charge in [0, 0.05) is 33.9 Å². The normalized spacial score (nSPS) is 15.9. The maximum Gasteiger partial charge on any atom is 0.260 e. The van der Waals surface area contributed by atoms with E-state index in [1.165, 1.54) is 29.1 Å². The second-order valence-electron chi connectivity index (χ2n) is 12.1. The van der Waals surface area contributed by atoms with Crippen LogP contribution in [0, 0.1) is 23.7 Å². The maximum atomic E-state index is 12.6. The molecule has 276 valence electrons. The molecule has 13 heteroatoms. The molecule has 2 heterocycles. The first-order valence-electron chi connectivity index (χ1n) is 16.9. The summed E-state index contributed by atoms with van der Waals surface area (Å²) in [5, 5.41) is 21.6. The highest BCUT2D eigenvalue weighted by Crippen LogP contribution is 2.42. The topological polar surface area (TPSA) is 132 Å². The van der Waals surface area contributed by atoms with Crippen LogP contribution < -0.4 is 25.8 Å². The van der Waals surface area contributed by atoms with Gasteiger partial charge in [0.25, 0.3) is 11.8 Å². The highest BCUT2D eigenvalue weighted by molar-refractivity contribution is 9.10. The fourth-order valence-electron chi connectivity index (χ4n) is 5.75. The van der Waals surface area contributed by atoms with Crippen molar-refractivity contribution in [2.75, 3.05) is 39.4 Å². The SMILES string of the molecule is CC#CCOc1ccc(SC2(C(=O)NO)CCN(Cc3ccc(Br)cc3)CC2)cc1.CC#CCOc1ccc(SC2(C(=O)NO)CCNCC2)cc1. The summed E-state index contributed by atoms with van der Waals surface area (Å²) in [5.41, 5.74) is 4.95. The second-order valence-corrected chi connectivity index (χ2v) is 15.9. The molecule has 0 spiro atoms. The van der Waals surface area contributed by atoms with Crippen LogP contribution in [0.15, 0.2) is 87.1 Å². The number of carbonyl (C=O) groups is 2. The summed E-state index contributed by atoms with van der Waals surface area (Å²) in [6.07, 6.45) is 2.67. The Kier molecular flexibility index (Phi) is 16.7. The number of halogens is 1. The third kappa shape index (κ3) is 12.2. The summed E-state index contributed by atoms with van der Waals surface area (Å²) >= 11 is 6.45. The van der Waals surface area contributed by atoms with E-state index in [9.17, 15) is 14.8 Å². The fraction of sp³-hybridized carbons (Fsp3) is 0.385. The van der Waals surface area contributed by atoms with Crippen molar-refractivity contribution in [1.29, 1.82) is 0 Å². The molecule has 52 heavy (non-hydrogen) atoms. The van der Waals surface area contributed by atoms with Gasteiger partial charge >= 0.3 is 0 Å². The van der Waals surface area contributed by atoms with E-state index in [2.05, 4.69) is 62.0 Å². The number of piperidine rings is 2. The van der Waals surface area contributed by atoms with Gasteiger partial charge in [0.05, 0.1) is 0 Å². The minimum Gasteiger partial charge on any atom is -0.481 e. The van der Waals surface area contributed by atoms with Crippen molar-refractivity contribution in [3.05, 3.63) is 82.8 Å². The number of ether oxygens (including phenoxy) is 2. The molecule has 10 nitrogen and oxygen atoms in total. The van der Waals surface area contributed by atoms with Gasteiger partial charge in [-0.3, -0.25) is 24.9 Å². The molecule has 5 N–H and O–H groups in total. The van der Waals surface area contributed by atoms with Crippen LogP contribution in [-0.4, -0.2) is 76.0 Å². The van der Waals surface area contributed by atoms with E-state index in [1.54, 1.807) is 13.8 Å². The molecule has 3 aromatic rings. The Hall–Kier alpha value is -3.66. The molecule has 0 atom stereocenters. The van der Waals surface area contributed by atoms with E-state index in [-0.39, 0.29) is 11.8 Å². The van der Waals surface area contributed by atoms with Gasteiger partial charge in [-0.05, 0) is 119 Å². The van der Waals surface area contributed by atoms with E-state index in [0.29, 0.717) is 38.9 Å². The lowest BCUT2D eigenvalue weighted by molar-refractivity contribution is -0.133. The molecule has 2 fully saturated rings. The predicted octanol–water partition coefficient (Wildman–Crippen LogP) is 6.29. The second kappa shape index (κ2) is 21.1. The third-order valence-electron chi connectivity index (χ3n) is 8.67. The Bertz CT molecular complexity index is 1710. The highest BCUT2D eigenvalue weighted by Gasteiger charge is 2.43. The molecule has 2 amide bonds. The quantitative estimate of drug-likeness (QED) is 0.0809. The van der Waals surface area contributed by atoms with Gasteiger partial charge in [0.2, 0.25) is 0 Å². The van der Waals surface area contributed by atoms with E-state index in [4.69, 9.17) is 14.7 Å². The number of rotatable bonds is 12. The summed E-state index contributed by atoms with van der Waals surface area (Å²) in [6, 6.07) is 23.5. The number of benzene rings is 3. The van der Waals surface area contributed by atoms with Gasteiger partial charge in [0.15, 0.2) is 0 Å². The zero-order chi connectivity index (χ0) is 37.2. The standard InChI is InChI=1S/C23H25BrN2O3S.C16H20N2O3S/c1-2-3-16-29-20-8-10-21(11-9-20)30-23(22(27)25-28)12-14-26(15-13-23)17-18-4-6-19(24)7-5-18;1-2-3-12-21-13-4-6-14(7-5-13)22-16(15(19)18-20)8-10-17-11-9-16/h4-11,28H,12-17H2,1H3,(H,25,27);4-7,17,20H,8-12H2,1H3,(H,18,19). The Labute approximate surface area is 323 Å². The maximum absolute atomic E-state index is 12.6. The predicted molar refractivity (Wildman–Crippen MR) is 209 cm³/mol. The molecule has 0 bridgehead atoms. The van der Waals surface area contributed by atoms with Crippen LogP contribution in [-0.2, 0) is 16.1 Å². The van der Waals surface area contributed by atoms with Gasteiger partial charge < -0.3 is 14.8 Å². The van der Waals surface area contributed by atoms with Crippen LogP contribution in [0.4, 0.5) is 0 Å². The molecule has 2 aliphatic heterocycles. The lowest BCUT2D eigenvalue weighted by atomic mass is 9.94. The number of nitrogens with zero attached hydrogens (tertiary/aromatic N) is 1. The number of carbonyl (C=O) groups excluding carboxylic acids is 2. The molecule has 3 aromatic carbocycles. The monoisotopic (exact) mass is 808 g/mol. The average molecular weight is 810 g/mol.